The number of nitrogens with zero attached hydrogens (tertiary/aromatic N) is 1. The fourth-order valence-corrected chi connectivity index (χ4v) is 2.12. The molecule has 2 aromatic carbocycles. The average molecular weight is 300 g/mol. The van der Waals surface area contributed by atoms with E-state index in [-0.39, 0.29) is 11.3 Å². The van der Waals surface area contributed by atoms with Crippen molar-refractivity contribution in [3.63, 3.8) is 0 Å². The molecule has 0 spiro atoms. The minimum absolute atomic E-state index is 0.0575. The third kappa shape index (κ3) is 2.58. The van der Waals surface area contributed by atoms with Crippen molar-refractivity contribution in [1.82, 2.24) is 4.98 Å². The number of aromatic carboxylic acids is 1. The van der Waals surface area contributed by atoms with Crippen LogP contribution in [0.5, 0.6) is 0 Å². The normalized spacial score (nSPS) is 10.6. The van der Waals surface area contributed by atoms with Gasteiger partial charge in [-0.2, -0.15) is 0 Å². The van der Waals surface area contributed by atoms with Gasteiger partial charge in [-0.3, -0.25) is 0 Å². The van der Waals surface area contributed by atoms with Crippen molar-refractivity contribution in [2.45, 2.75) is 0 Å². The topological polar surface area (TPSA) is 62.2 Å². The van der Waals surface area contributed by atoms with E-state index in [0.717, 1.165) is 17.5 Å². The third-order valence-electron chi connectivity index (χ3n) is 3.20. The number of aromatic nitrogens is 1. The van der Waals surface area contributed by atoms with E-state index in [1.54, 1.807) is 12.1 Å². The molecule has 0 unspecified atom stereocenters. The Bertz CT molecular complexity index is 881. The van der Waals surface area contributed by atoms with Gasteiger partial charge in [0.15, 0.2) is 0 Å². The van der Waals surface area contributed by atoms with Crippen LogP contribution in [-0.2, 0) is 0 Å². The predicted molar refractivity (Wildman–Crippen MR) is 78.3 cm³/mol. The molecule has 0 atom stereocenters. The van der Waals surface area contributed by atoms with Gasteiger partial charge in [0.1, 0.15) is 17.5 Å². The van der Waals surface area contributed by atoms with Crippen LogP contribution in [0, 0.1) is 11.6 Å². The first-order chi connectivity index (χ1) is 10.5. The van der Waals surface area contributed by atoms with Gasteiger partial charge in [0, 0.05) is 17.6 Å². The summed E-state index contributed by atoms with van der Waals surface area (Å²) in [5.74, 6) is -2.20. The van der Waals surface area contributed by atoms with Crippen molar-refractivity contribution in [2.75, 3.05) is 5.32 Å². The third-order valence-corrected chi connectivity index (χ3v) is 3.20. The maximum absolute atomic E-state index is 13.7. The number of hydrogen-bond acceptors (Lipinski definition) is 3. The number of pyridine rings is 1. The number of hydrogen-bond donors (Lipinski definition) is 2. The van der Waals surface area contributed by atoms with Crippen molar-refractivity contribution in [3.8, 4) is 0 Å². The van der Waals surface area contributed by atoms with Gasteiger partial charge in [-0.1, -0.05) is 6.07 Å². The van der Waals surface area contributed by atoms with Gasteiger partial charge in [-0.25, -0.2) is 18.6 Å². The van der Waals surface area contributed by atoms with Crippen molar-refractivity contribution in [3.05, 3.63) is 65.9 Å². The summed E-state index contributed by atoms with van der Waals surface area (Å²) in [6.45, 7) is 0. The van der Waals surface area contributed by atoms with Gasteiger partial charge in [0.2, 0.25) is 0 Å². The molecule has 0 saturated carbocycles. The minimum atomic E-state index is -1.07. The monoisotopic (exact) mass is 300 g/mol. The quantitative estimate of drug-likeness (QED) is 0.768. The molecule has 0 bridgehead atoms. The summed E-state index contributed by atoms with van der Waals surface area (Å²) in [5.41, 5.74) is 0.158. The maximum Gasteiger partial charge on any atom is 0.335 e. The van der Waals surface area contributed by atoms with E-state index in [1.165, 1.54) is 24.4 Å². The molecule has 0 amide bonds. The van der Waals surface area contributed by atoms with E-state index in [9.17, 15) is 13.6 Å². The number of carboxylic acid groups (broad SMARTS) is 1. The molecule has 2 N–H and O–H groups in total. The van der Waals surface area contributed by atoms with E-state index in [4.69, 9.17) is 5.11 Å². The highest BCUT2D eigenvalue weighted by Crippen LogP contribution is 2.26. The highest BCUT2D eigenvalue weighted by Gasteiger charge is 2.10. The molecule has 1 aromatic heterocycles. The molecule has 3 rings (SSSR count). The van der Waals surface area contributed by atoms with Crippen LogP contribution in [0.4, 0.5) is 20.3 Å². The Morgan fingerprint density at radius 3 is 2.64 bits per heavy atom. The van der Waals surface area contributed by atoms with Gasteiger partial charge in [-0.05, 0) is 35.7 Å². The molecule has 22 heavy (non-hydrogen) atoms. The molecular formula is C16H10F2N2O2. The Labute approximate surface area is 124 Å². The summed E-state index contributed by atoms with van der Waals surface area (Å²) in [6.07, 6.45) is 1.52. The lowest BCUT2D eigenvalue weighted by atomic mass is 10.1. The first-order valence-corrected chi connectivity index (χ1v) is 6.39. The van der Waals surface area contributed by atoms with E-state index in [1.807, 2.05) is 0 Å². The minimum Gasteiger partial charge on any atom is -0.478 e. The summed E-state index contributed by atoms with van der Waals surface area (Å²) >= 11 is 0. The van der Waals surface area contributed by atoms with Crippen molar-refractivity contribution in [1.29, 1.82) is 0 Å². The highest BCUT2D eigenvalue weighted by atomic mass is 19.1. The van der Waals surface area contributed by atoms with Crippen molar-refractivity contribution in [2.24, 2.45) is 0 Å². The number of fused-ring (bicyclic) bond motifs is 1. The van der Waals surface area contributed by atoms with E-state index >= 15 is 0 Å². The van der Waals surface area contributed by atoms with Gasteiger partial charge < -0.3 is 10.4 Å². The zero-order valence-corrected chi connectivity index (χ0v) is 11.2. The first kappa shape index (κ1) is 13.9. The molecule has 0 aliphatic heterocycles. The van der Waals surface area contributed by atoms with Crippen LogP contribution in [0.25, 0.3) is 10.8 Å². The smallest absolute Gasteiger partial charge is 0.335 e. The Balaban J connectivity index is 2.09. The molecule has 0 aliphatic carbocycles. The molecule has 3 aromatic rings. The Kier molecular flexibility index (Phi) is 3.42. The number of carboxylic acids is 1. The number of benzene rings is 2. The summed E-state index contributed by atoms with van der Waals surface area (Å²) in [5, 5.41) is 13.1. The largest absolute Gasteiger partial charge is 0.478 e. The number of carbonyl (C=O) groups is 1. The Morgan fingerprint density at radius 2 is 1.91 bits per heavy atom. The number of anilines is 2. The highest BCUT2D eigenvalue weighted by molar-refractivity contribution is 5.99. The van der Waals surface area contributed by atoms with Crippen LogP contribution < -0.4 is 5.32 Å². The van der Waals surface area contributed by atoms with Gasteiger partial charge in [0.05, 0.1) is 11.3 Å². The lowest BCUT2D eigenvalue weighted by Gasteiger charge is -2.10. The van der Waals surface area contributed by atoms with Crippen LogP contribution >= 0.6 is 0 Å². The SMILES string of the molecule is O=C(O)c1ccc2ccnc(Nc3ccc(F)cc3F)c2c1. The molecule has 1 heterocycles. The van der Waals surface area contributed by atoms with E-state index < -0.39 is 17.6 Å². The van der Waals surface area contributed by atoms with Crippen LogP contribution in [0.2, 0.25) is 0 Å². The van der Waals surface area contributed by atoms with Gasteiger partial charge in [-0.15, -0.1) is 0 Å². The van der Waals surface area contributed by atoms with Crippen LogP contribution in [-0.4, -0.2) is 16.1 Å². The van der Waals surface area contributed by atoms with Crippen LogP contribution in [0.15, 0.2) is 48.7 Å². The second kappa shape index (κ2) is 5.40. The Morgan fingerprint density at radius 1 is 1.09 bits per heavy atom. The van der Waals surface area contributed by atoms with E-state index in [0.29, 0.717) is 11.2 Å². The summed E-state index contributed by atoms with van der Waals surface area (Å²) in [4.78, 5) is 15.2. The molecule has 110 valence electrons. The van der Waals surface area contributed by atoms with Gasteiger partial charge >= 0.3 is 5.97 Å². The fourth-order valence-electron chi connectivity index (χ4n) is 2.12. The van der Waals surface area contributed by atoms with Crippen molar-refractivity contribution < 1.29 is 18.7 Å². The predicted octanol–water partition coefficient (Wildman–Crippen LogP) is 3.95. The Hall–Kier alpha value is -3.02. The van der Waals surface area contributed by atoms with Gasteiger partial charge in [0.25, 0.3) is 0 Å². The molecule has 4 nitrogen and oxygen atoms in total. The molecule has 0 radical (unpaired) electrons. The van der Waals surface area contributed by atoms with Crippen molar-refractivity contribution >= 4 is 28.2 Å². The average Bonchev–Trinajstić information content (AvgIpc) is 2.49. The number of nitrogens with one attached hydrogen (secondary N) is 1. The second-order valence-electron chi connectivity index (χ2n) is 4.65. The summed E-state index contributed by atoms with van der Waals surface area (Å²) in [7, 11) is 0. The zero-order valence-electron chi connectivity index (χ0n) is 11.2. The summed E-state index contributed by atoms with van der Waals surface area (Å²) in [6, 6.07) is 9.43. The molecule has 0 fully saturated rings. The second-order valence-corrected chi connectivity index (χ2v) is 4.65. The molecule has 0 saturated heterocycles. The van der Waals surface area contributed by atoms with Crippen LogP contribution in [0.3, 0.4) is 0 Å². The lowest BCUT2D eigenvalue weighted by molar-refractivity contribution is 0.0697. The zero-order chi connectivity index (χ0) is 15.7. The number of rotatable bonds is 3. The first-order valence-electron chi connectivity index (χ1n) is 6.39. The lowest BCUT2D eigenvalue weighted by Crippen LogP contribution is -2.00. The molecule has 0 aliphatic rings. The van der Waals surface area contributed by atoms with Crippen LogP contribution in [0.1, 0.15) is 10.4 Å². The summed E-state index contributed by atoms with van der Waals surface area (Å²) < 4.78 is 26.7. The number of halogens is 2. The maximum atomic E-state index is 13.7. The fraction of sp³-hybridized carbons (Fsp3) is 0. The molecular weight excluding hydrogens is 290 g/mol. The standard InChI is InChI=1S/C16H10F2N2O2/c17-11-3-4-14(13(18)8-11)20-15-12-7-10(16(21)22)2-1-9(12)5-6-19-15/h1-8H,(H,19,20)(H,21,22). The van der Waals surface area contributed by atoms with E-state index in [2.05, 4.69) is 10.3 Å². The molecule has 6 heteroatoms.